The minimum atomic E-state index is -1.20. The van der Waals surface area contributed by atoms with Crippen molar-refractivity contribution in [1.82, 2.24) is 15.5 Å². The number of methoxy groups -OCH3 is 1. The molecule has 0 radical (unpaired) electrons. The summed E-state index contributed by atoms with van der Waals surface area (Å²) in [7, 11) is 1.25. The first-order valence-corrected chi connectivity index (χ1v) is 9.93. The molecule has 12 heteroatoms. The number of carbonyl (C=O) groups excluding carboxylic acids is 3. The molecule has 1 aliphatic rings. The number of nitrogens with one attached hydrogen (secondary N) is 2. The zero-order valence-electron chi connectivity index (χ0n) is 17.3. The van der Waals surface area contributed by atoms with Gasteiger partial charge in [0.1, 0.15) is 12.6 Å². The first-order valence-electron chi connectivity index (χ1n) is 9.93. The van der Waals surface area contributed by atoms with E-state index in [1.54, 1.807) is 0 Å². The third kappa shape index (κ3) is 9.43. The summed E-state index contributed by atoms with van der Waals surface area (Å²) in [6.07, 6.45) is 4.53. The summed E-state index contributed by atoms with van der Waals surface area (Å²) >= 11 is 0. The molecule has 3 amide bonds. The third-order valence-electron chi connectivity index (χ3n) is 4.76. The van der Waals surface area contributed by atoms with E-state index >= 15 is 0 Å². The number of hydrogen-bond acceptors (Lipinski definition) is 6. The maximum Gasteiger partial charge on any atom is 0.410 e. The molecular formula is C18H32N6O6. The van der Waals surface area contributed by atoms with E-state index in [2.05, 4.69) is 15.6 Å². The van der Waals surface area contributed by atoms with E-state index in [0.717, 1.165) is 32.1 Å². The van der Waals surface area contributed by atoms with Crippen molar-refractivity contribution in [3.63, 3.8) is 0 Å². The van der Waals surface area contributed by atoms with Gasteiger partial charge in [-0.05, 0) is 25.7 Å². The number of carboxylic acid groups (broad SMARTS) is 1. The highest BCUT2D eigenvalue weighted by molar-refractivity contribution is 5.89. The quantitative estimate of drug-likeness (QED) is 0.159. The zero-order valence-corrected chi connectivity index (χ0v) is 17.3. The highest BCUT2D eigenvalue weighted by atomic mass is 16.5. The summed E-state index contributed by atoms with van der Waals surface area (Å²) in [5.41, 5.74) is 10.4. The average molecular weight is 428 g/mol. The fourth-order valence-corrected chi connectivity index (χ4v) is 3.25. The second-order valence-corrected chi connectivity index (χ2v) is 7.07. The van der Waals surface area contributed by atoms with E-state index in [1.165, 1.54) is 12.0 Å². The van der Waals surface area contributed by atoms with E-state index in [9.17, 15) is 24.3 Å². The summed E-state index contributed by atoms with van der Waals surface area (Å²) < 4.78 is 4.77. The summed E-state index contributed by atoms with van der Waals surface area (Å²) in [6.45, 7) is -0.398. The first kappa shape index (κ1) is 25.0. The molecule has 12 nitrogen and oxygen atoms in total. The zero-order chi connectivity index (χ0) is 22.5. The number of amides is 3. The number of aliphatic imine (C=N–C) groups is 1. The Morgan fingerprint density at radius 2 is 1.83 bits per heavy atom. The molecule has 1 rings (SSSR count). The van der Waals surface area contributed by atoms with Crippen LogP contribution in [-0.4, -0.2) is 78.7 Å². The van der Waals surface area contributed by atoms with Crippen LogP contribution >= 0.6 is 0 Å². The number of nitrogens with two attached hydrogens (primary N) is 2. The van der Waals surface area contributed by atoms with Gasteiger partial charge in [-0.3, -0.25) is 19.5 Å². The Kier molecular flexibility index (Phi) is 11.0. The number of ether oxygens (including phenoxy) is 1. The van der Waals surface area contributed by atoms with Crippen molar-refractivity contribution in [2.45, 2.75) is 57.0 Å². The molecule has 0 aromatic rings. The highest BCUT2D eigenvalue weighted by Gasteiger charge is 2.28. The second kappa shape index (κ2) is 13.2. The van der Waals surface area contributed by atoms with Crippen LogP contribution < -0.4 is 22.1 Å². The molecule has 1 saturated carbocycles. The molecule has 0 heterocycles. The van der Waals surface area contributed by atoms with Crippen LogP contribution in [0.1, 0.15) is 44.9 Å². The maximum atomic E-state index is 12.2. The predicted molar refractivity (Wildman–Crippen MR) is 108 cm³/mol. The van der Waals surface area contributed by atoms with Gasteiger partial charge in [-0.25, -0.2) is 9.59 Å². The van der Waals surface area contributed by atoms with Gasteiger partial charge in [-0.1, -0.05) is 19.3 Å². The molecule has 7 N–H and O–H groups in total. The molecule has 30 heavy (non-hydrogen) atoms. The molecule has 1 unspecified atom stereocenters. The molecular weight excluding hydrogens is 396 g/mol. The molecule has 1 fully saturated rings. The van der Waals surface area contributed by atoms with E-state index in [-0.39, 0.29) is 31.5 Å². The standard InChI is InChI=1S/C18H32N6O6/c1-30-18(29)24(12-6-3-2-4-7-12)11-15(26)22-10-14(25)23-13(16(27)28)8-5-9-21-17(19)20/h12-13H,2-11H2,1H3,(H,22,26)(H,23,25)(H,27,28)(H4,19,20,21). The van der Waals surface area contributed by atoms with Crippen molar-refractivity contribution >= 4 is 29.8 Å². The lowest BCUT2D eigenvalue weighted by Crippen LogP contribution is -2.49. The van der Waals surface area contributed by atoms with Crippen molar-refractivity contribution in [3.8, 4) is 0 Å². The van der Waals surface area contributed by atoms with Crippen LogP contribution in [0.4, 0.5) is 4.79 Å². The smallest absolute Gasteiger partial charge is 0.410 e. The van der Waals surface area contributed by atoms with Gasteiger partial charge in [0.2, 0.25) is 11.8 Å². The van der Waals surface area contributed by atoms with Gasteiger partial charge >= 0.3 is 12.1 Å². The van der Waals surface area contributed by atoms with Gasteiger partial charge in [-0.15, -0.1) is 0 Å². The maximum absolute atomic E-state index is 12.2. The number of carboxylic acids is 1. The third-order valence-corrected chi connectivity index (χ3v) is 4.76. The van der Waals surface area contributed by atoms with Crippen molar-refractivity contribution in [2.24, 2.45) is 16.5 Å². The number of nitrogens with zero attached hydrogens (tertiary/aromatic N) is 2. The molecule has 0 aromatic carbocycles. The van der Waals surface area contributed by atoms with Crippen LogP contribution in [0.2, 0.25) is 0 Å². The van der Waals surface area contributed by atoms with E-state index < -0.39 is 36.5 Å². The molecule has 170 valence electrons. The molecule has 0 spiro atoms. The Labute approximate surface area is 175 Å². The Morgan fingerprint density at radius 1 is 1.17 bits per heavy atom. The van der Waals surface area contributed by atoms with Crippen LogP contribution in [0.5, 0.6) is 0 Å². The number of carbonyl (C=O) groups is 4. The van der Waals surface area contributed by atoms with Gasteiger partial charge in [0.25, 0.3) is 0 Å². The lowest BCUT2D eigenvalue weighted by molar-refractivity contribution is -0.141. The lowest BCUT2D eigenvalue weighted by Gasteiger charge is -2.32. The molecule has 0 saturated heterocycles. The van der Waals surface area contributed by atoms with Crippen LogP contribution in [-0.2, 0) is 19.1 Å². The molecule has 1 atom stereocenters. The number of hydrogen-bond donors (Lipinski definition) is 5. The lowest BCUT2D eigenvalue weighted by atomic mass is 9.94. The van der Waals surface area contributed by atoms with Gasteiger partial charge in [0.05, 0.1) is 13.7 Å². The van der Waals surface area contributed by atoms with Crippen LogP contribution in [0, 0.1) is 0 Å². The minimum Gasteiger partial charge on any atom is -0.480 e. The van der Waals surface area contributed by atoms with E-state index in [1.807, 2.05) is 0 Å². The molecule has 0 aromatic heterocycles. The largest absolute Gasteiger partial charge is 0.480 e. The topological polar surface area (TPSA) is 189 Å². The minimum absolute atomic E-state index is 0.0765. The van der Waals surface area contributed by atoms with Crippen LogP contribution in [0.25, 0.3) is 0 Å². The normalized spacial score (nSPS) is 14.8. The number of guanidine groups is 1. The molecule has 1 aliphatic carbocycles. The summed E-state index contributed by atoms with van der Waals surface area (Å²) in [6, 6.07) is -1.20. The second-order valence-electron chi connectivity index (χ2n) is 7.07. The Balaban J connectivity index is 2.48. The summed E-state index contributed by atoms with van der Waals surface area (Å²) in [5.74, 6) is -2.47. The first-order chi connectivity index (χ1) is 14.2. The van der Waals surface area contributed by atoms with E-state index in [4.69, 9.17) is 16.2 Å². The van der Waals surface area contributed by atoms with Gasteiger partial charge in [-0.2, -0.15) is 0 Å². The average Bonchev–Trinajstić information content (AvgIpc) is 2.72. The monoisotopic (exact) mass is 428 g/mol. The Hall–Kier alpha value is -3.05. The van der Waals surface area contributed by atoms with Crippen molar-refractivity contribution in [2.75, 3.05) is 26.7 Å². The number of rotatable bonds is 11. The van der Waals surface area contributed by atoms with Gasteiger partial charge < -0.3 is 31.9 Å². The van der Waals surface area contributed by atoms with Crippen LogP contribution in [0.15, 0.2) is 4.99 Å². The van der Waals surface area contributed by atoms with Gasteiger partial charge in [0, 0.05) is 12.6 Å². The fourth-order valence-electron chi connectivity index (χ4n) is 3.25. The fraction of sp³-hybridized carbons (Fsp3) is 0.722. The molecule has 0 aliphatic heterocycles. The van der Waals surface area contributed by atoms with Gasteiger partial charge in [0.15, 0.2) is 5.96 Å². The Morgan fingerprint density at radius 3 is 2.40 bits per heavy atom. The Bertz CT molecular complexity index is 631. The number of aliphatic carboxylic acids is 1. The van der Waals surface area contributed by atoms with Crippen molar-refractivity contribution in [1.29, 1.82) is 0 Å². The van der Waals surface area contributed by atoms with Crippen molar-refractivity contribution in [3.05, 3.63) is 0 Å². The van der Waals surface area contributed by atoms with Crippen LogP contribution in [0.3, 0.4) is 0 Å². The summed E-state index contributed by atoms with van der Waals surface area (Å²) in [5, 5.41) is 14.0. The molecule has 0 bridgehead atoms. The predicted octanol–water partition coefficient (Wildman–Crippen LogP) is -0.873. The summed E-state index contributed by atoms with van der Waals surface area (Å²) in [4.78, 5) is 52.7. The SMILES string of the molecule is COC(=O)N(CC(=O)NCC(=O)NC(CCCN=C(N)N)C(=O)O)C1CCCCC1. The van der Waals surface area contributed by atoms with Crippen molar-refractivity contribution < 1.29 is 29.0 Å². The van der Waals surface area contributed by atoms with E-state index in [0.29, 0.717) is 6.42 Å². The highest BCUT2D eigenvalue weighted by Crippen LogP contribution is 2.22.